The van der Waals surface area contributed by atoms with Crippen LogP contribution in [0.25, 0.3) is 11.3 Å². The van der Waals surface area contributed by atoms with Gasteiger partial charge in [0.2, 0.25) is 5.91 Å². The van der Waals surface area contributed by atoms with Gasteiger partial charge in [-0.25, -0.2) is 4.98 Å². The van der Waals surface area contributed by atoms with Gasteiger partial charge in [0.15, 0.2) is 6.10 Å². The minimum Gasteiger partial charge on any atom is -0.480 e. The predicted molar refractivity (Wildman–Crippen MR) is 159 cm³/mol. The van der Waals surface area contributed by atoms with Gasteiger partial charge in [-0.15, -0.1) is 0 Å². The molecule has 0 unspecified atom stereocenters. The van der Waals surface area contributed by atoms with Gasteiger partial charge in [0, 0.05) is 50.5 Å². The minimum atomic E-state index is -4.55. The zero-order valence-corrected chi connectivity index (χ0v) is 25.7. The minimum absolute atomic E-state index is 0.0429. The van der Waals surface area contributed by atoms with E-state index in [1.54, 1.807) is 11.9 Å². The summed E-state index contributed by atoms with van der Waals surface area (Å²) in [6.07, 6.45) is -2.99. The average molecular weight is 623 g/mol. The number of hydrogen-bond donors (Lipinski definition) is 2. The van der Waals surface area contributed by atoms with Gasteiger partial charge in [0.25, 0.3) is 5.91 Å². The molecule has 0 aliphatic rings. The maximum absolute atomic E-state index is 12.9. The van der Waals surface area contributed by atoms with Gasteiger partial charge < -0.3 is 24.6 Å². The van der Waals surface area contributed by atoms with E-state index < -0.39 is 24.2 Å². The van der Waals surface area contributed by atoms with Crippen molar-refractivity contribution < 1.29 is 32.6 Å². The third-order valence-corrected chi connectivity index (χ3v) is 7.52. The molecule has 3 atom stereocenters. The van der Waals surface area contributed by atoms with Crippen molar-refractivity contribution >= 4 is 23.4 Å². The molecule has 234 valence electrons. The average Bonchev–Trinajstić information content (AvgIpc) is 3.37. The van der Waals surface area contributed by atoms with Crippen LogP contribution in [0.5, 0.6) is 5.75 Å². The molecule has 0 aliphatic heterocycles. The Kier molecular flexibility index (Phi) is 11.6. The van der Waals surface area contributed by atoms with Crippen molar-refractivity contribution in [2.24, 2.45) is 0 Å². The maximum Gasteiger partial charge on any atom is 0.425 e. The van der Waals surface area contributed by atoms with Crippen molar-refractivity contribution in [2.75, 3.05) is 13.7 Å². The predicted octanol–water partition coefficient (Wildman–Crippen LogP) is 6.21. The molecule has 3 rings (SSSR count). The van der Waals surface area contributed by atoms with Gasteiger partial charge in [-0.3, -0.25) is 9.59 Å². The first-order valence-corrected chi connectivity index (χ1v) is 14.5. The third-order valence-electron chi connectivity index (χ3n) is 7.23. The summed E-state index contributed by atoms with van der Waals surface area (Å²) in [5.74, 6) is 0.102. The fourth-order valence-corrected chi connectivity index (χ4v) is 4.73. The molecular formula is C31H38ClF3N4O4. The lowest BCUT2D eigenvalue weighted by Crippen LogP contribution is -2.37. The number of aryl methyl sites for hydroxylation is 1. The molecule has 12 heteroatoms. The lowest BCUT2D eigenvalue weighted by atomic mass is 10.0. The number of ether oxygens (including phenoxy) is 1. The van der Waals surface area contributed by atoms with Crippen LogP contribution >= 0.6 is 11.6 Å². The van der Waals surface area contributed by atoms with Crippen LogP contribution < -0.4 is 10.1 Å². The maximum atomic E-state index is 12.9. The van der Waals surface area contributed by atoms with E-state index in [1.807, 2.05) is 37.4 Å². The van der Waals surface area contributed by atoms with E-state index in [0.717, 1.165) is 42.5 Å². The summed E-state index contributed by atoms with van der Waals surface area (Å²) >= 11 is 6.10. The first kappa shape index (κ1) is 33.9. The fourth-order valence-electron chi connectivity index (χ4n) is 4.51. The van der Waals surface area contributed by atoms with E-state index >= 15 is 0 Å². The topological polar surface area (TPSA) is 96.7 Å². The van der Waals surface area contributed by atoms with Gasteiger partial charge in [-0.2, -0.15) is 13.2 Å². The van der Waals surface area contributed by atoms with E-state index in [2.05, 4.69) is 16.8 Å². The van der Waals surface area contributed by atoms with Crippen molar-refractivity contribution in [1.82, 2.24) is 19.8 Å². The number of nitrogens with zero attached hydrogens (tertiary/aromatic N) is 3. The third kappa shape index (κ3) is 8.96. The van der Waals surface area contributed by atoms with Gasteiger partial charge >= 0.3 is 6.18 Å². The number of imidazole rings is 1. The summed E-state index contributed by atoms with van der Waals surface area (Å²) in [7, 11) is 1.76. The van der Waals surface area contributed by atoms with Crippen LogP contribution in [0.4, 0.5) is 13.2 Å². The molecule has 0 saturated carbocycles. The lowest BCUT2D eigenvalue weighted by molar-refractivity contribution is -0.189. The highest BCUT2D eigenvalue weighted by Crippen LogP contribution is 2.31. The first-order chi connectivity index (χ1) is 20.2. The Labute approximate surface area is 254 Å². The van der Waals surface area contributed by atoms with Crippen LogP contribution in [0.3, 0.4) is 0 Å². The Hall–Kier alpha value is -3.57. The van der Waals surface area contributed by atoms with Crippen molar-refractivity contribution in [1.29, 1.82) is 0 Å². The number of hydrogen-bond acceptors (Lipinski definition) is 5. The highest BCUT2D eigenvalue weighted by molar-refractivity contribution is 6.32. The molecule has 0 bridgehead atoms. The van der Waals surface area contributed by atoms with E-state index in [0.29, 0.717) is 6.42 Å². The van der Waals surface area contributed by atoms with E-state index in [4.69, 9.17) is 21.3 Å². The number of benzene rings is 2. The van der Waals surface area contributed by atoms with Crippen molar-refractivity contribution in [3.63, 3.8) is 0 Å². The summed E-state index contributed by atoms with van der Waals surface area (Å²) in [4.78, 5) is 31.3. The van der Waals surface area contributed by atoms with E-state index in [1.165, 1.54) is 25.1 Å². The normalized spacial score (nSPS) is 13.7. The van der Waals surface area contributed by atoms with Crippen LogP contribution in [-0.4, -0.2) is 63.3 Å². The molecule has 0 spiro atoms. The monoisotopic (exact) mass is 622 g/mol. The van der Waals surface area contributed by atoms with Crippen LogP contribution in [0.15, 0.2) is 48.7 Å². The van der Waals surface area contributed by atoms with Crippen LogP contribution in [0.2, 0.25) is 5.02 Å². The number of nitrogens with one attached hydrogen (secondary N) is 1. The molecule has 1 aromatic heterocycles. The molecule has 2 aromatic carbocycles. The van der Waals surface area contributed by atoms with Gasteiger partial charge in [-0.1, -0.05) is 42.8 Å². The quantitative estimate of drug-likeness (QED) is 0.236. The fraction of sp³-hybridized carbons (Fsp3) is 0.452. The highest BCUT2D eigenvalue weighted by atomic mass is 35.5. The molecule has 8 nitrogen and oxygen atoms in total. The molecule has 2 N–H and O–H groups in total. The Morgan fingerprint density at radius 2 is 1.84 bits per heavy atom. The van der Waals surface area contributed by atoms with Crippen LogP contribution in [0, 0.1) is 0 Å². The molecule has 0 fully saturated rings. The standard InChI is InChI=1S/C31H38ClF3N4O4/c1-6-14-39-18-27(37-29(39)19(2)38(5)21(4)41)23-9-7-22(8-10-23)16-25(13-15-40)36-30(42)24-11-12-28(26(32)17-24)43-20(3)31(33,34)35/h7-12,17-20,25,40H,6,13-16H2,1-5H3,(H,36,42)/t19-,20-,25-/m1/s1. The van der Waals surface area contributed by atoms with Crippen molar-refractivity contribution in [3.05, 3.63) is 70.6 Å². The zero-order valence-electron chi connectivity index (χ0n) is 24.9. The van der Waals surface area contributed by atoms with Gasteiger partial charge in [0.1, 0.15) is 11.6 Å². The number of aromatic nitrogens is 2. The van der Waals surface area contributed by atoms with Crippen LogP contribution in [0.1, 0.15) is 68.3 Å². The Morgan fingerprint density at radius 1 is 1.16 bits per heavy atom. The smallest absolute Gasteiger partial charge is 0.425 e. The van der Waals surface area contributed by atoms with E-state index in [9.17, 15) is 27.9 Å². The van der Waals surface area contributed by atoms with Crippen LogP contribution in [-0.2, 0) is 17.8 Å². The second-order valence-corrected chi connectivity index (χ2v) is 10.9. The zero-order chi connectivity index (χ0) is 31.9. The summed E-state index contributed by atoms with van der Waals surface area (Å²) in [6, 6.07) is 11.0. The largest absolute Gasteiger partial charge is 0.480 e. The number of rotatable bonds is 13. The Morgan fingerprint density at radius 3 is 2.40 bits per heavy atom. The highest BCUT2D eigenvalue weighted by Gasteiger charge is 2.38. The SMILES string of the molecule is CCCn1cc(-c2ccc(C[C@@H](CCO)NC(=O)c3ccc(O[C@H](C)C(F)(F)F)c(Cl)c3)cc2)nc1[C@@H](C)N(C)C(C)=O. The Balaban J connectivity index is 1.72. The van der Waals surface area contributed by atoms with Gasteiger partial charge in [-0.05, 0) is 56.9 Å². The number of aliphatic hydroxyl groups excluding tert-OH is 1. The van der Waals surface area contributed by atoms with Crippen molar-refractivity contribution in [2.45, 2.75) is 77.9 Å². The Bertz CT molecular complexity index is 1390. The molecule has 0 aliphatic carbocycles. The second-order valence-electron chi connectivity index (χ2n) is 10.5. The number of carbonyl (C=O) groups excluding carboxylic acids is 2. The van der Waals surface area contributed by atoms with E-state index in [-0.39, 0.29) is 41.3 Å². The molecule has 2 amide bonds. The summed E-state index contributed by atoms with van der Waals surface area (Å²) < 4.78 is 45.5. The number of aliphatic hydroxyl groups is 1. The van der Waals surface area contributed by atoms with Crippen molar-refractivity contribution in [3.8, 4) is 17.0 Å². The molecule has 43 heavy (non-hydrogen) atoms. The molecular weight excluding hydrogens is 585 g/mol. The van der Waals surface area contributed by atoms with Gasteiger partial charge in [0.05, 0.1) is 16.8 Å². The number of halogens is 4. The first-order valence-electron chi connectivity index (χ1n) is 14.1. The number of carbonyl (C=O) groups is 2. The molecule has 3 aromatic rings. The lowest BCUT2D eigenvalue weighted by Gasteiger charge is -2.23. The summed E-state index contributed by atoms with van der Waals surface area (Å²) in [5, 5.41) is 12.3. The summed E-state index contributed by atoms with van der Waals surface area (Å²) in [5.41, 5.74) is 2.76. The summed E-state index contributed by atoms with van der Waals surface area (Å²) in [6.45, 7) is 7.04. The number of amides is 2. The molecule has 0 saturated heterocycles. The number of alkyl halides is 3. The second kappa shape index (κ2) is 14.7. The molecule has 0 radical (unpaired) electrons. The molecule has 1 heterocycles.